The molecule has 1 heterocycles. The lowest BCUT2D eigenvalue weighted by Crippen LogP contribution is -2.17. The summed E-state index contributed by atoms with van der Waals surface area (Å²) in [6.07, 6.45) is 5.55. The van der Waals surface area contributed by atoms with Crippen LogP contribution in [0.3, 0.4) is 0 Å². The van der Waals surface area contributed by atoms with Crippen LogP contribution in [0.1, 0.15) is 10.4 Å². The van der Waals surface area contributed by atoms with Crippen LogP contribution in [0, 0.1) is 12.3 Å². The Morgan fingerprint density at radius 2 is 1.93 bits per heavy atom. The molecule has 0 N–H and O–H groups in total. The highest BCUT2D eigenvalue weighted by Gasteiger charge is 2.13. The zero-order valence-electron chi connectivity index (χ0n) is 14.7. The number of aromatic nitrogens is 1. The largest absolute Gasteiger partial charge is 0.495 e. The van der Waals surface area contributed by atoms with E-state index < -0.39 is 0 Å². The van der Waals surface area contributed by atoms with Gasteiger partial charge >= 0.3 is 0 Å². The third-order valence-electron chi connectivity index (χ3n) is 4.35. The van der Waals surface area contributed by atoms with E-state index in [2.05, 4.69) is 10.9 Å². The summed E-state index contributed by atoms with van der Waals surface area (Å²) >= 11 is 1.42. The zero-order chi connectivity index (χ0) is 18.8. The Kier molecular flexibility index (Phi) is 4.49. The van der Waals surface area contributed by atoms with Gasteiger partial charge in [-0.25, -0.2) is 0 Å². The molecule has 4 rings (SSSR count). The van der Waals surface area contributed by atoms with Gasteiger partial charge in [-0.15, -0.1) is 6.42 Å². The number of hydrogen-bond acceptors (Lipinski definition) is 3. The molecule has 3 aromatic carbocycles. The van der Waals surface area contributed by atoms with Gasteiger partial charge in [0.25, 0.3) is 5.91 Å². The molecule has 0 bridgehead atoms. The average molecular weight is 372 g/mol. The summed E-state index contributed by atoms with van der Waals surface area (Å²) in [6, 6.07) is 19.2. The monoisotopic (exact) mass is 372 g/mol. The van der Waals surface area contributed by atoms with E-state index in [0.717, 1.165) is 21.0 Å². The van der Waals surface area contributed by atoms with E-state index in [1.165, 1.54) is 11.3 Å². The highest BCUT2D eigenvalue weighted by Crippen LogP contribution is 2.27. The zero-order valence-corrected chi connectivity index (χ0v) is 15.5. The van der Waals surface area contributed by atoms with E-state index in [1.807, 2.05) is 59.2 Å². The number of thiazole rings is 1. The lowest BCUT2D eigenvalue weighted by molar-refractivity contribution is 0.0999. The number of para-hydroxylation sites is 1. The first kappa shape index (κ1) is 17.1. The van der Waals surface area contributed by atoms with Gasteiger partial charge in [0, 0.05) is 5.56 Å². The molecule has 0 aliphatic carbocycles. The Morgan fingerprint density at radius 3 is 2.74 bits per heavy atom. The molecular weight excluding hydrogens is 356 g/mol. The molecule has 0 fully saturated rings. The van der Waals surface area contributed by atoms with Crippen LogP contribution in [-0.4, -0.2) is 17.6 Å². The van der Waals surface area contributed by atoms with Crippen LogP contribution >= 0.6 is 11.3 Å². The van der Waals surface area contributed by atoms with Crippen molar-refractivity contribution in [2.75, 3.05) is 7.11 Å². The molecule has 132 valence electrons. The Labute approximate surface area is 160 Å². The van der Waals surface area contributed by atoms with Gasteiger partial charge in [-0.05, 0) is 29.0 Å². The Balaban J connectivity index is 1.93. The summed E-state index contributed by atoms with van der Waals surface area (Å²) in [5.74, 6) is 3.06. The molecule has 0 saturated heterocycles. The number of nitrogens with zero attached hydrogens (tertiary/aromatic N) is 2. The normalized spacial score (nSPS) is 11.6. The predicted molar refractivity (Wildman–Crippen MR) is 109 cm³/mol. The number of hydrogen-bond donors (Lipinski definition) is 0. The highest BCUT2D eigenvalue weighted by atomic mass is 32.1. The molecule has 0 radical (unpaired) electrons. The number of carbonyl (C=O) groups is 1. The second-order valence-corrected chi connectivity index (χ2v) is 6.93. The number of terminal acetylenes is 1. The number of carbonyl (C=O) groups excluding carboxylic acids is 1. The van der Waals surface area contributed by atoms with Crippen LogP contribution in [-0.2, 0) is 6.54 Å². The van der Waals surface area contributed by atoms with Crippen molar-refractivity contribution >= 4 is 38.2 Å². The number of benzene rings is 3. The average Bonchev–Trinajstić information content (AvgIpc) is 3.05. The summed E-state index contributed by atoms with van der Waals surface area (Å²) in [4.78, 5) is 17.9. The minimum atomic E-state index is -0.289. The maximum Gasteiger partial charge on any atom is 0.280 e. The molecule has 4 nitrogen and oxygen atoms in total. The number of methoxy groups -OCH3 is 1. The predicted octanol–water partition coefficient (Wildman–Crippen LogP) is 4.24. The van der Waals surface area contributed by atoms with Gasteiger partial charge in [-0.2, -0.15) is 4.99 Å². The van der Waals surface area contributed by atoms with Crippen molar-refractivity contribution in [3.8, 4) is 18.1 Å². The van der Waals surface area contributed by atoms with Crippen molar-refractivity contribution < 1.29 is 9.53 Å². The Morgan fingerprint density at radius 1 is 1.15 bits per heavy atom. The van der Waals surface area contributed by atoms with Crippen molar-refractivity contribution in [3.63, 3.8) is 0 Å². The molecule has 1 aromatic heterocycles. The van der Waals surface area contributed by atoms with E-state index in [4.69, 9.17) is 11.2 Å². The van der Waals surface area contributed by atoms with Crippen molar-refractivity contribution in [1.29, 1.82) is 0 Å². The first-order valence-electron chi connectivity index (χ1n) is 8.39. The third kappa shape index (κ3) is 3.01. The van der Waals surface area contributed by atoms with E-state index in [1.54, 1.807) is 13.2 Å². The van der Waals surface area contributed by atoms with Crippen molar-refractivity contribution in [2.45, 2.75) is 6.54 Å². The molecule has 0 atom stereocenters. The fraction of sp³-hybridized carbons (Fsp3) is 0.0909. The molecular formula is C22H16N2O2S. The van der Waals surface area contributed by atoms with E-state index in [-0.39, 0.29) is 5.91 Å². The number of amides is 1. The Hall–Kier alpha value is -3.36. The molecule has 0 unspecified atom stereocenters. The Bertz CT molecular complexity index is 1270. The van der Waals surface area contributed by atoms with E-state index >= 15 is 0 Å². The number of fused-ring (bicyclic) bond motifs is 2. The molecule has 0 aliphatic rings. The van der Waals surface area contributed by atoms with Crippen LogP contribution in [0.4, 0.5) is 0 Å². The smallest absolute Gasteiger partial charge is 0.280 e. The van der Waals surface area contributed by atoms with Gasteiger partial charge in [-0.1, -0.05) is 59.7 Å². The van der Waals surface area contributed by atoms with Crippen LogP contribution in [0.25, 0.3) is 21.0 Å². The van der Waals surface area contributed by atoms with Crippen molar-refractivity contribution in [1.82, 2.24) is 4.57 Å². The molecule has 1 amide bonds. The van der Waals surface area contributed by atoms with Crippen molar-refractivity contribution in [3.05, 3.63) is 71.0 Å². The van der Waals surface area contributed by atoms with Crippen LogP contribution < -0.4 is 9.54 Å². The molecule has 4 aromatic rings. The number of rotatable bonds is 3. The summed E-state index contributed by atoms with van der Waals surface area (Å²) in [5.41, 5.74) is 1.43. The molecule has 0 spiro atoms. The summed E-state index contributed by atoms with van der Waals surface area (Å²) < 4.78 is 8.28. The van der Waals surface area contributed by atoms with Gasteiger partial charge in [-0.3, -0.25) is 4.79 Å². The van der Waals surface area contributed by atoms with Gasteiger partial charge in [0.05, 0.1) is 18.4 Å². The second-order valence-electron chi connectivity index (χ2n) is 5.93. The molecule has 0 aliphatic heterocycles. The molecule has 0 saturated carbocycles. The molecule has 27 heavy (non-hydrogen) atoms. The minimum absolute atomic E-state index is 0.289. The topological polar surface area (TPSA) is 43.6 Å². The maximum absolute atomic E-state index is 13.0. The van der Waals surface area contributed by atoms with Gasteiger partial charge < -0.3 is 9.30 Å². The first-order valence-corrected chi connectivity index (χ1v) is 9.21. The number of ether oxygens (including phenoxy) is 1. The second kappa shape index (κ2) is 7.10. The quantitative estimate of drug-likeness (QED) is 0.505. The summed E-state index contributed by atoms with van der Waals surface area (Å²) in [5, 5.41) is 1.89. The first-order chi connectivity index (χ1) is 13.2. The van der Waals surface area contributed by atoms with Crippen LogP contribution in [0.15, 0.2) is 65.7 Å². The third-order valence-corrected chi connectivity index (χ3v) is 5.39. The van der Waals surface area contributed by atoms with Gasteiger partial charge in [0.1, 0.15) is 11.3 Å². The lowest BCUT2D eigenvalue weighted by Gasteiger charge is -2.05. The van der Waals surface area contributed by atoms with Gasteiger partial charge in [0.15, 0.2) is 4.80 Å². The highest BCUT2D eigenvalue weighted by molar-refractivity contribution is 7.16. The summed E-state index contributed by atoms with van der Waals surface area (Å²) in [7, 11) is 1.62. The van der Waals surface area contributed by atoms with Crippen LogP contribution in [0.5, 0.6) is 5.75 Å². The SMILES string of the molecule is C#CCn1c(=NC(=O)c2cccc3ccccc23)sc2cccc(OC)c21. The summed E-state index contributed by atoms with van der Waals surface area (Å²) in [6.45, 7) is 0.308. The van der Waals surface area contributed by atoms with E-state index in [9.17, 15) is 4.79 Å². The fourth-order valence-corrected chi connectivity index (χ4v) is 4.19. The van der Waals surface area contributed by atoms with Crippen LogP contribution in [0.2, 0.25) is 0 Å². The standard InChI is InChI=1S/C22H16N2O2S/c1-3-14-24-20-18(26-2)12-7-13-19(20)27-22(24)23-21(25)17-11-6-9-15-8-4-5-10-16(15)17/h1,4-13H,14H2,2H3. The van der Waals surface area contributed by atoms with Gasteiger partial charge in [0.2, 0.25) is 0 Å². The fourth-order valence-electron chi connectivity index (χ4n) is 3.14. The van der Waals surface area contributed by atoms with Crippen molar-refractivity contribution in [2.24, 2.45) is 4.99 Å². The minimum Gasteiger partial charge on any atom is -0.495 e. The maximum atomic E-state index is 13.0. The van der Waals surface area contributed by atoms with E-state index in [0.29, 0.717) is 22.7 Å². The molecule has 5 heteroatoms. The lowest BCUT2D eigenvalue weighted by atomic mass is 10.0.